The zero-order valence-corrected chi connectivity index (χ0v) is 10.7. The largest absolute Gasteiger partial charge is 0.306 e. The van der Waals surface area contributed by atoms with Crippen molar-refractivity contribution in [1.82, 2.24) is 19.2 Å². The van der Waals surface area contributed by atoms with Crippen molar-refractivity contribution in [2.75, 3.05) is 5.32 Å². The van der Waals surface area contributed by atoms with Gasteiger partial charge in [0.1, 0.15) is 11.3 Å². The SMILES string of the molecule is Cc1ccn2cc(C(=O)Nc3ccn(C)n3)nc2c1. The summed E-state index contributed by atoms with van der Waals surface area (Å²) in [5, 5.41) is 6.80. The molecular formula is C13H13N5O. The standard InChI is InChI=1S/C13H13N5O/c1-9-3-6-18-8-10(14-12(18)7-9)13(19)15-11-4-5-17(2)16-11/h3-8H,1-2H3,(H,15,16,19). The minimum atomic E-state index is -0.264. The van der Waals surface area contributed by atoms with Crippen LogP contribution >= 0.6 is 0 Å². The zero-order valence-electron chi connectivity index (χ0n) is 10.7. The van der Waals surface area contributed by atoms with Gasteiger partial charge in [0.2, 0.25) is 0 Å². The Morgan fingerprint density at radius 1 is 1.32 bits per heavy atom. The van der Waals surface area contributed by atoms with Gasteiger partial charge >= 0.3 is 0 Å². The number of hydrogen-bond acceptors (Lipinski definition) is 3. The lowest BCUT2D eigenvalue weighted by molar-refractivity contribution is 0.102. The quantitative estimate of drug-likeness (QED) is 0.757. The van der Waals surface area contributed by atoms with Crippen LogP contribution < -0.4 is 5.32 Å². The second-order valence-electron chi connectivity index (χ2n) is 4.42. The zero-order chi connectivity index (χ0) is 13.4. The first-order chi connectivity index (χ1) is 9.11. The minimum Gasteiger partial charge on any atom is -0.306 e. The molecule has 0 aliphatic heterocycles. The summed E-state index contributed by atoms with van der Waals surface area (Å²) in [5.74, 6) is 0.251. The molecule has 3 heterocycles. The highest BCUT2D eigenvalue weighted by Crippen LogP contribution is 2.09. The number of fused-ring (bicyclic) bond motifs is 1. The topological polar surface area (TPSA) is 64.2 Å². The molecule has 3 aromatic rings. The molecule has 0 saturated heterocycles. The van der Waals surface area contributed by atoms with Crippen LogP contribution in [-0.2, 0) is 7.05 Å². The molecule has 0 fully saturated rings. The molecule has 0 aliphatic rings. The number of rotatable bonds is 2. The third-order valence-electron chi connectivity index (χ3n) is 2.80. The minimum absolute atomic E-state index is 0.264. The predicted molar refractivity (Wildman–Crippen MR) is 71.1 cm³/mol. The molecule has 0 atom stereocenters. The first-order valence-corrected chi connectivity index (χ1v) is 5.88. The smallest absolute Gasteiger partial charge is 0.277 e. The van der Waals surface area contributed by atoms with Crippen molar-refractivity contribution < 1.29 is 4.79 Å². The number of imidazole rings is 1. The summed E-state index contributed by atoms with van der Waals surface area (Å²) in [5.41, 5.74) is 2.23. The van der Waals surface area contributed by atoms with Crippen LogP contribution in [0.2, 0.25) is 0 Å². The van der Waals surface area contributed by atoms with Gasteiger partial charge in [-0.3, -0.25) is 9.48 Å². The summed E-state index contributed by atoms with van der Waals surface area (Å²) in [4.78, 5) is 16.3. The van der Waals surface area contributed by atoms with E-state index in [-0.39, 0.29) is 5.91 Å². The maximum Gasteiger partial charge on any atom is 0.277 e. The van der Waals surface area contributed by atoms with Crippen molar-refractivity contribution in [3.05, 3.63) is 48.0 Å². The van der Waals surface area contributed by atoms with Gasteiger partial charge in [0.25, 0.3) is 5.91 Å². The number of aryl methyl sites for hydroxylation is 2. The van der Waals surface area contributed by atoms with E-state index in [0.29, 0.717) is 11.5 Å². The van der Waals surface area contributed by atoms with Crippen molar-refractivity contribution in [2.24, 2.45) is 7.05 Å². The molecule has 0 saturated carbocycles. The number of nitrogens with zero attached hydrogens (tertiary/aromatic N) is 4. The predicted octanol–water partition coefficient (Wildman–Crippen LogP) is 1.63. The number of nitrogens with one attached hydrogen (secondary N) is 1. The number of carbonyl (C=O) groups is 1. The lowest BCUT2D eigenvalue weighted by Crippen LogP contribution is -2.12. The Bertz CT molecular complexity index is 755. The number of anilines is 1. The first kappa shape index (κ1) is 11.5. The van der Waals surface area contributed by atoms with E-state index in [4.69, 9.17) is 0 Å². The number of carbonyl (C=O) groups excluding carboxylic acids is 1. The molecule has 0 bridgehead atoms. The first-order valence-electron chi connectivity index (χ1n) is 5.88. The summed E-state index contributed by atoms with van der Waals surface area (Å²) < 4.78 is 3.45. The molecule has 96 valence electrons. The van der Waals surface area contributed by atoms with Crippen LogP contribution in [0.25, 0.3) is 5.65 Å². The van der Waals surface area contributed by atoms with Crippen LogP contribution in [0.1, 0.15) is 16.1 Å². The van der Waals surface area contributed by atoms with Crippen LogP contribution in [0, 0.1) is 6.92 Å². The molecule has 6 heteroatoms. The van der Waals surface area contributed by atoms with E-state index in [9.17, 15) is 4.79 Å². The molecule has 1 N–H and O–H groups in total. The van der Waals surface area contributed by atoms with Crippen molar-refractivity contribution in [2.45, 2.75) is 6.92 Å². The Kier molecular flexibility index (Phi) is 2.56. The van der Waals surface area contributed by atoms with Crippen molar-refractivity contribution in [3.8, 4) is 0 Å². The summed E-state index contributed by atoms with van der Waals surface area (Å²) in [7, 11) is 1.79. The summed E-state index contributed by atoms with van der Waals surface area (Å²) in [6.07, 6.45) is 5.35. The third kappa shape index (κ3) is 2.20. The number of amides is 1. The fourth-order valence-corrected chi connectivity index (χ4v) is 1.86. The second kappa shape index (κ2) is 4.24. The van der Waals surface area contributed by atoms with Crippen molar-refractivity contribution in [1.29, 1.82) is 0 Å². The molecule has 0 aliphatic carbocycles. The summed E-state index contributed by atoms with van der Waals surface area (Å²) in [6, 6.07) is 5.63. The van der Waals surface area contributed by atoms with Crippen LogP contribution in [0.15, 0.2) is 36.8 Å². The molecule has 0 radical (unpaired) electrons. The van der Waals surface area contributed by atoms with Gasteiger partial charge in [0, 0.05) is 31.7 Å². The van der Waals surface area contributed by atoms with E-state index in [1.807, 2.05) is 29.7 Å². The molecule has 0 spiro atoms. The van der Waals surface area contributed by atoms with Gasteiger partial charge in [-0.1, -0.05) is 0 Å². The molecule has 3 aromatic heterocycles. The van der Waals surface area contributed by atoms with Gasteiger partial charge in [-0.05, 0) is 24.6 Å². The highest BCUT2D eigenvalue weighted by atomic mass is 16.2. The fourth-order valence-electron chi connectivity index (χ4n) is 1.86. The van der Waals surface area contributed by atoms with Gasteiger partial charge in [-0.15, -0.1) is 0 Å². The normalized spacial score (nSPS) is 10.8. The van der Waals surface area contributed by atoms with E-state index in [1.165, 1.54) is 0 Å². The van der Waals surface area contributed by atoms with Crippen LogP contribution in [0.4, 0.5) is 5.82 Å². The van der Waals surface area contributed by atoms with E-state index in [0.717, 1.165) is 11.2 Å². The molecular weight excluding hydrogens is 242 g/mol. The number of pyridine rings is 1. The Balaban J connectivity index is 1.89. The van der Waals surface area contributed by atoms with Crippen molar-refractivity contribution >= 4 is 17.4 Å². The monoisotopic (exact) mass is 255 g/mol. The van der Waals surface area contributed by atoms with E-state index < -0.39 is 0 Å². The van der Waals surface area contributed by atoms with Gasteiger partial charge < -0.3 is 9.72 Å². The molecule has 6 nitrogen and oxygen atoms in total. The number of aromatic nitrogens is 4. The van der Waals surface area contributed by atoms with Gasteiger partial charge in [0.15, 0.2) is 5.82 Å². The van der Waals surface area contributed by atoms with Crippen LogP contribution in [0.5, 0.6) is 0 Å². The van der Waals surface area contributed by atoms with E-state index >= 15 is 0 Å². The number of hydrogen-bond donors (Lipinski definition) is 1. The maximum atomic E-state index is 12.0. The summed E-state index contributed by atoms with van der Waals surface area (Å²) >= 11 is 0. The average molecular weight is 255 g/mol. The summed E-state index contributed by atoms with van der Waals surface area (Å²) in [6.45, 7) is 1.99. The third-order valence-corrected chi connectivity index (χ3v) is 2.80. The molecule has 0 unspecified atom stereocenters. The molecule has 0 aromatic carbocycles. The lowest BCUT2D eigenvalue weighted by Gasteiger charge is -1.97. The second-order valence-corrected chi connectivity index (χ2v) is 4.42. The van der Waals surface area contributed by atoms with Gasteiger partial charge in [0.05, 0.1) is 0 Å². The molecule has 3 rings (SSSR count). The van der Waals surface area contributed by atoms with Gasteiger partial charge in [-0.25, -0.2) is 4.98 Å². The fraction of sp³-hybridized carbons (Fsp3) is 0.154. The Labute approximate surface area is 109 Å². The maximum absolute atomic E-state index is 12.0. The van der Waals surface area contributed by atoms with E-state index in [2.05, 4.69) is 15.4 Å². The highest BCUT2D eigenvalue weighted by molar-refractivity contribution is 6.02. The Morgan fingerprint density at radius 3 is 2.89 bits per heavy atom. The van der Waals surface area contributed by atoms with Crippen LogP contribution in [0.3, 0.4) is 0 Å². The van der Waals surface area contributed by atoms with E-state index in [1.54, 1.807) is 30.2 Å². The molecule has 1 amide bonds. The Morgan fingerprint density at radius 2 is 2.16 bits per heavy atom. The highest BCUT2D eigenvalue weighted by Gasteiger charge is 2.12. The van der Waals surface area contributed by atoms with Gasteiger partial charge in [-0.2, -0.15) is 5.10 Å². The lowest BCUT2D eigenvalue weighted by atomic mass is 10.3. The van der Waals surface area contributed by atoms with Crippen molar-refractivity contribution in [3.63, 3.8) is 0 Å². The molecule has 19 heavy (non-hydrogen) atoms. The van der Waals surface area contributed by atoms with Crippen LogP contribution in [-0.4, -0.2) is 25.1 Å². The average Bonchev–Trinajstić information content (AvgIpc) is 2.95. The Hall–Kier alpha value is -2.63.